The molecule has 5 nitrogen and oxygen atoms in total. The molecule has 1 heterocycles. The summed E-state index contributed by atoms with van der Waals surface area (Å²) in [5.41, 5.74) is 1.54. The average molecular weight is 272 g/mol. The number of carbonyl (C=O) groups excluding carboxylic acids is 1. The van der Waals surface area contributed by atoms with Crippen molar-refractivity contribution in [3.8, 4) is 17.1 Å². The maximum absolute atomic E-state index is 11.3. The van der Waals surface area contributed by atoms with Crippen LogP contribution in [-0.4, -0.2) is 18.2 Å². The van der Waals surface area contributed by atoms with Gasteiger partial charge >= 0.3 is 0 Å². The second-order valence-electron chi connectivity index (χ2n) is 4.13. The Hall–Kier alpha value is -2.56. The molecular weight excluding hydrogens is 256 g/mol. The SMILES string of the molecule is C/C=C\C(=O)NCc1cc(-c2cccc(OC)c2)on1. The first-order valence-electron chi connectivity index (χ1n) is 6.23. The summed E-state index contributed by atoms with van der Waals surface area (Å²) in [6, 6.07) is 9.31. The molecule has 2 aromatic rings. The molecule has 1 aromatic heterocycles. The fourth-order valence-electron chi connectivity index (χ4n) is 1.70. The van der Waals surface area contributed by atoms with E-state index in [4.69, 9.17) is 9.26 Å². The van der Waals surface area contributed by atoms with Gasteiger partial charge in [0.05, 0.1) is 13.7 Å². The maximum atomic E-state index is 11.3. The molecule has 0 radical (unpaired) electrons. The molecule has 1 aromatic carbocycles. The molecule has 0 aliphatic heterocycles. The van der Waals surface area contributed by atoms with Crippen LogP contribution in [0.4, 0.5) is 0 Å². The molecule has 0 atom stereocenters. The number of hydrogen-bond acceptors (Lipinski definition) is 4. The van der Waals surface area contributed by atoms with Crippen LogP contribution in [0.3, 0.4) is 0 Å². The van der Waals surface area contributed by atoms with Gasteiger partial charge in [-0.05, 0) is 25.1 Å². The summed E-state index contributed by atoms with van der Waals surface area (Å²) in [5.74, 6) is 1.24. The van der Waals surface area contributed by atoms with E-state index in [0.29, 0.717) is 18.0 Å². The van der Waals surface area contributed by atoms with Crippen molar-refractivity contribution in [2.45, 2.75) is 13.5 Å². The van der Waals surface area contributed by atoms with Gasteiger partial charge in [0.15, 0.2) is 5.76 Å². The summed E-state index contributed by atoms with van der Waals surface area (Å²) in [6.07, 6.45) is 3.14. The number of nitrogens with zero attached hydrogens (tertiary/aromatic N) is 1. The molecule has 2 rings (SSSR count). The third-order valence-electron chi connectivity index (χ3n) is 2.67. The number of hydrogen-bond donors (Lipinski definition) is 1. The Morgan fingerprint density at radius 3 is 3.05 bits per heavy atom. The van der Waals surface area contributed by atoms with Crippen molar-refractivity contribution in [1.82, 2.24) is 10.5 Å². The van der Waals surface area contributed by atoms with E-state index in [9.17, 15) is 4.79 Å². The van der Waals surface area contributed by atoms with Crippen molar-refractivity contribution in [3.05, 3.63) is 48.2 Å². The average Bonchev–Trinajstić information content (AvgIpc) is 2.94. The molecule has 0 aliphatic rings. The van der Waals surface area contributed by atoms with Crippen molar-refractivity contribution < 1.29 is 14.1 Å². The highest BCUT2D eigenvalue weighted by molar-refractivity contribution is 5.87. The molecule has 1 amide bonds. The third kappa shape index (κ3) is 3.47. The molecule has 5 heteroatoms. The Morgan fingerprint density at radius 2 is 2.30 bits per heavy atom. The van der Waals surface area contributed by atoms with Gasteiger partial charge in [-0.1, -0.05) is 23.4 Å². The van der Waals surface area contributed by atoms with E-state index in [2.05, 4.69) is 10.5 Å². The molecule has 20 heavy (non-hydrogen) atoms. The Bertz CT molecular complexity index is 617. The van der Waals surface area contributed by atoms with Crippen molar-refractivity contribution in [1.29, 1.82) is 0 Å². The zero-order valence-electron chi connectivity index (χ0n) is 11.4. The minimum Gasteiger partial charge on any atom is -0.497 e. The van der Waals surface area contributed by atoms with Crippen molar-refractivity contribution in [2.24, 2.45) is 0 Å². The number of nitrogens with one attached hydrogen (secondary N) is 1. The normalized spacial score (nSPS) is 10.7. The van der Waals surface area contributed by atoms with Crippen LogP contribution in [-0.2, 0) is 11.3 Å². The lowest BCUT2D eigenvalue weighted by molar-refractivity contribution is -0.116. The maximum Gasteiger partial charge on any atom is 0.243 e. The van der Waals surface area contributed by atoms with Gasteiger partial charge < -0.3 is 14.6 Å². The number of carbonyl (C=O) groups is 1. The minimum absolute atomic E-state index is 0.154. The molecule has 0 fully saturated rings. The summed E-state index contributed by atoms with van der Waals surface area (Å²) >= 11 is 0. The van der Waals surface area contributed by atoms with Crippen LogP contribution >= 0.6 is 0 Å². The predicted molar refractivity (Wildman–Crippen MR) is 75.2 cm³/mol. The van der Waals surface area contributed by atoms with Crippen LogP contribution in [0.5, 0.6) is 5.75 Å². The lowest BCUT2D eigenvalue weighted by Gasteiger charge is -2.00. The van der Waals surface area contributed by atoms with Crippen molar-refractivity contribution >= 4 is 5.91 Å². The lowest BCUT2D eigenvalue weighted by Crippen LogP contribution is -2.20. The van der Waals surface area contributed by atoms with Gasteiger partial charge in [-0.3, -0.25) is 4.79 Å². The Balaban J connectivity index is 2.06. The van der Waals surface area contributed by atoms with Gasteiger partial charge in [-0.25, -0.2) is 0 Å². The second-order valence-corrected chi connectivity index (χ2v) is 4.13. The Morgan fingerprint density at radius 1 is 1.45 bits per heavy atom. The fourth-order valence-corrected chi connectivity index (χ4v) is 1.70. The summed E-state index contributed by atoms with van der Waals surface area (Å²) in [5, 5.41) is 6.64. The Kier molecular flexibility index (Phi) is 4.55. The third-order valence-corrected chi connectivity index (χ3v) is 2.67. The molecule has 0 unspecified atom stereocenters. The summed E-state index contributed by atoms with van der Waals surface area (Å²) < 4.78 is 10.4. The fraction of sp³-hybridized carbons (Fsp3) is 0.200. The molecule has 0 saturated carbocycles. The summed E-state index contributed by atoms with van der Waals surface area (Å²) in [4.78, 5) is 11.3. The Labute approximate surface area is 117 Å². The topological polar surface area (TPSA) is 64.4 Å². The van der Waals surface area contributed by atoms with E-state index in [-0.39, 0.29) is 5.91 Å². The first-order valence-corrected chi connectivity index (χ1v) is 6.23. The summed E-state index contributed by atoms with van der Waals surface area (Å²) in [7, 11) is 1.61. The van der Waals surface area contributed by atoms with Gasteiger partial charge in [0.25, 0.3) is 0 Å². The number of ether oxygens (including phenoxy) is 1. The van der Waals surface area contributed by atoms with E-state index in [1.54, 1.807) is 26.2 Å². The van der Waals surface area contributed by atoms with Gasteiger partial charge in [0.2, 0.25) is 5.91 Å². The standard InChI is InChI=1S/C15H16N2O3/c1-3-5-15(18)16-10-12-9-14(20-17-12)11-6-4-7-13(8-11)19-2/h3-9H,10H2,1-2H3,(H,16,18)/b5-3-. The van der Waals surface area contributed by atoms with E-state index < -0.39 is 0 Å². The highest BCUT2D eigenvalue weighted by atomic mass is 16.5. The zero-order valence-corrected chi connectivity index (χ0v) is 11.4. The summed E-state index contributed by atoms with van der Waals surface area (Å²) in [6.45, 7) is 2.12. The zero-order chi connectivity index (χ0) is 14.4. The van der Waals surface area contributed by atoms with Gasteiger partial charge in [-0.2, -0.15) is 0 Å². The van der Waals surface area contributed by atoms with Crippen molar-refractivity contribution in [3.63, 3.8) is 0 Å². The number of aromatic nitrogens is 1. The van der Waals surface area contributed by atoms with Crippen LogP contribution in [0.1, 0.15) is 12.6 Å². The molecular formula is C15H16N2O3. The molecule has 0 saturated heterocycles. The van der Waals surface area contributed by atoms with Gasteiger partial charge in [-0.15, -0.1) is 0 Å². The first-order chi connectivity index (χ1) is 9.72. The monoisotopic (exact) mass is 272 g/mol. The molecule has 0 bridgehead atoms. The molecule has 1 N–H and O–H groups in total. The second kappa shape index (κ2) is 6.56. The highest BCUT2D eigenvalue weighted by Gasteiger charge is 2.08. The van der Waals surface area contributed by atoms with Crippen LogP contribution in [0.15, 0.2) is 47.0 Å². The van der Waals surface area contributed by atoms with E-state index in [1.807, 2.05) is 24.3 Å². The number of amides is 1. The van der Waals surface area contributed by atoms with Crippen LogP contribution in [0, 0.1) is 0 Å². The molecule has 0 spiro atoms. The van der Waals surface area contributed by atoms with Crippen LogP contribution in [0.25, 0.3) is 11.3 Å². The van der Waals surface area contributed by atoms with Gasteiger partial charge in [0.1, 0.15) is 11.4 Å². The van der Waals surface area contributed by atoms with Crippen molar-refractivity contribution in [2.75, 3.05) is 7.11 Å². The number of rotatable bonds is 5. The largest absolute Gasteiger partial charge is 0.497 e. The predicted octanol–water partition coefficient (Wildman–Crippen LogP) is 2.54. The minimum atomic E-state index is -0.154. The lowest BCUT2D eigenvalue weighted by atomic mass is 10.1. The van der Waals surface area contributed by atoms with Crippen LogP contribution in [0.2, 0.25) is 0 Å². The number of methoxy groups -OCH3 is 1. The highest BCUT2D eigenvalue weighted by Crippen LogP contribution is 2.24. The quantitative estimate of drug-likeness (QED) is 0.849. The number of allylic oxidation sites excluding steroid dienone is 1. The van der Waals surface area contributed by atoms with E-state index in [0.717, 1.165) is 11.3 Å². The van der Waals surface area contributed by atoms with Crippen LogP contribution < -0.4 is 10.1 Å². The molecule has 0 aliphatic carbocycles. The van der Waals surface area contributed by atoms with E-state index in [1.165, 1.54) is 6.08 Å². The van der Waals surface area contributed by atoms with Gasteiger partial charge in [0, 0.05) is 11.6 Å². The first kappa shape index (κ1) is 13.9. The van der Waals surface area contributed by atoms with E-state index >= 15 is 0 Å². The number of benzene rings is 1. The smallest absolute Gasteiger partial charge is 0.243 e. The molecule has 104 valence electrons.